The molecular weight excluding hydrogens is 485 g/mol. The number of benzene rings is 2. The molecule has 1 aliphatic heterocycles. The lowest BCUT2D eigenvalue weighted by Gasteiger charge is -2.22. The summed E-state index contributed by atoms with van der Waals surface area (Å²) in [7, 11) is 1.88. The average Bonchev–Trinajstić information content (AvgIpc) is 3.42. The second-order valence-corrected chi connectivity index (χ2v) is 7.75. The first-order valence-electron chi connectivity index (χ1n) is 10.3. The molecule has 158 valence electrons. The van der Waals surface area contributed by atoms with Crippen LogP contribution in [0.4, 0.5) is 0 Å². The van der Waals surface area contributed by atoms with Gasteiger partial charge in [0.15, 0.2) is 5.96 Å². The lowest BCUT2D eigenvalue weighted by molar-refractivity contribution is 0.460. The van der Waals surface area contributed by atoms with Crippen LogP contribution in [-0.4, -0.2) is 40.5 Å². The average molecular weight is 515 g/mol. The molecule has 0 amide bonds. The quantitative estimate of drug-likeness (QED) is 0.304. The topological polar surface area (TPSA) is 45.5 Å². The molecule has 0 radical (unpaired) electrons. The van der Waals surface area contributed by atoms with Crippen LogP contribution in [0.15, 0.2) is 78.3 Å². The van der Waals surface area contributed by atoms with Gasteiger partial charge in [0, 0.05) is 45.6 Å². The van der Waals surface area contributed by atoms with E-state index in [0.29, 0.717) is 5.92 Å². The Bertz CT molecular complexity index is 924. The largest absolute Gasteiger partial charge is 0.352 e. The number of rotatable bonds is 6. The zero-order valence-corrected chi connectivity index (χ0v) is 19.8. The standard InChI is InChI=1S/C24H29N5.HI/c1-25-24(29-12-10-23(18-29)14-20-6-3-2-4-7-20)27-16-21-8-5-9-22(15-21)17-28-13-11-26-19-28;/h2-9,11,13,15,19,23H,10,12,14,16-18H2,1H3,(H,25,27);1H. The minimum absolute atomic E-state index is 0. The Labute approximate surface area is 196 Å². The van der Waals surface area contributed by atoms with Gasteiger partial charge in [0.2, 0.25) is 0 Å². The summed E-state index contributed by atoms with van der Waals surface area (Å²) in [5.41, 5.74) is 3.97. The first kappa shape index (κ1) is 22.3. The number of likely N-dealkylation sites (tertiary alicyclic amines) is 1. The van der Waals surface area contributed by atoms with Gasteiger partial charge in [-0.1, -0.05) is 54.6 Å². The van der Waals surface area contributed by atoms with E-state index < -0.39 is 0 Å². The second kappa shape index (κ2) is 11.2. The minimum Gasteiger partial charge on any atom is -0.352 e. The van der Waals surface area contributed by atoms with Gasteiger partial charge in [-0.2, -0.15) is 0 Å². The molecule has 3 aromatic rings. The molecule has 4 rings (SSSR count). The summed E-state index contributed by atoms with van der Waals surface area (Å²) in [6.45, 7) is 3.76. The van der Waals surface area contributed by atoms with E-state index in [0.717, 1.165) is 38.6 Å². The van der Waals surface area contributed by atoms with Crippen molar-refractivity contribution >= 4 is 29.9 Å². The molecule has 6 heteroatoms. The SMILES string of the molecule is CN=C(NCc1cccc(Cn2ccnc2)c1)N1CCC(Cc2ccccc2)C1.I. The van der Waals surface area contributed by atoms with Gasteiger partial charge in [0.1, 0.15) is 0 Å². The highest BCUT2D eigenvalue weighted by atomic mass is 127. The van der Waals surface area contributed by atoms with Crippen molar-refractivity contribution in [3.63, 3.8) is 0 Å². The number of hydrogen-bond donors (Lipinski definition) is 1. The first-order valence-corrected chi connectivity index (χ1v) is 10.3. The van der Waals surface area contributed by atoms with Crippen LogP contribution in [0.3, 0.4) is 0 Å². The molecule has 1 saturated heterocycles. The van der Waals surface area contributed by atoms with Crippen molar-refractivity contribution in [2.45, 2.75) is 25.9 Å². The molecule has 0 spiro atoms. The number of aromatic nitrogens is 2. The summed E-state index contributed by atoms with van der Waals surface area (Å²) < 4.78 is 2.09. The molecule has 1 unspecified atom stereocenters. The lowest BCUT2D eigenvalue weighted by atomic mass is 9.99. The van der Waals surface area contributed by atoms with Crippen LogP contribution in [0, 0.1) is 5.92 Å². The van der Waals surface area contributed by atoms with Crippen LogP contribution in [0.1, 0.15) is 23.1 Å². The van der Waals surface area contributed by atoms with Gasteiger partial charge >= 0.3 is 0 Å². The molecule has 30 heavy (non-hydrogen) atoms. The third-order valence-corrected chi connectivity index (χ3v) is 5.53. The fourth-order valence-corrected chi connectivity index (χ4v) is 4.08. The third kappa shape index (κ3) is 6.08. The van der Waals surface area contributed by atoms with E-state index in [1.807, 2.05) is 25.8 Å². The first-order chi connectivity index (χ1) is 14.3. The van der Waals surface area contributed by atoms with E-state index in [4.69, 9.17) is 0 Å². The Balaban J connectivity index is 0.00000256. The van der Waals surface area contributed by atoms with E-state index in [1.54, 1.807) is 0 Å². The van der Waals surface area contributed by atoms with Crippen molar-refractivity contribution in [3.05, 3.63) is 90.0 Å². The number of hydrogen-bond acceptors (Lipinski definition) is 2. The smallest absolute Gasteiger partial charge is 0.193 e. The summed E-state index contributed by atoms with van der Waals surface area (Å²) >= 11 is 0. The maximum Gasteiger partial charge on any atom is 0.193 e. The Kier molecular flexibility index (Phi) is 8.30. The van der Waals surface area contributed by atoms with E-state index in [-0.39, 0.29) is 24.0 Å². The van der Waals surface area contributed by atoms with E-state index in [1.165, 1.54) is 23.1 Å². The maximum atomic E-state index is 4.53. The molecule has 2 aromatic carbocycles. The fourth-order valence-electron chi connectivity index (χ4n) is 4.08. The number of aliphatic imine (C=N–C) groups is 1. The molecule has 0 aliphatic carbocycles. The van der Waals surface area contributed by atoms with E-state index in [9.17, 15) is 0 Å². The number of guanidine groups is 1. The minimum atomic E-state index is 0. The molecule has 0 bridgehead atoms. The summed E-state index contributed by atoms with van der Waals surface area (Å²) in [6.07, 6.45) is 8.02. The summed E-state index contributed by atoms with van der Waals surface area (Å²) in [6, 6.07) is 19.5. The van der Waals surface area contributed by atoms with Crippen molar-refractivity contribution in [2.75, 3.05) is 20.1 Å². The number of nitrogens with one attached hydrogen (secondary N) is 1. The zero-order chi connectivity index (χ0) is 19.9. The Morgan fingerprint density at radius 1 is 1.10 bits per heavy atom. The molecule has 1 atom stereocenters. The number of nitrogens with zero attached hydrogens (tertiary/aromatic N) is 4. The van der Waals surface area contributed by atoms with Crippen molar-refractivity contribution in [3.8, 4) is 0 Å². The van der Waals surface area contributed by atoms with Crippen LogP contribution in [-0.2, 0) is 19.5 Å². The summed E-state index contributed by atoms with van der Waals surface area (Å²) in [4.78, 5) is 11.0. The Hall–Kier alpha value is -2.35. The summed E-state index contributed by atoms with van der Waals surface area (Å²) in [5, 5.41) is 3.55. The summed E-state index contributed by atoms with van der Waals surface area (Å²) in [5.74, 6) is 1.69. The van der Waals surface area contributed by atoms with Gasteiger partial charge in [-0.15, -0.1) is 24.0 Å². The monoisotopic (exact) mass is 515 g/mol. The van der Waals surface area contributed by atoms with Crippen molar-refractivity contribution in [2.24, 2.45) is 10.9 Å². The predicted molar refractivity (Wildman–Crippen MR) is 133 cm³/mol. The Morgan fingerprint density at radius 2 is 1.90 bits per heavy atom. The van der Waals surface area contributed by atoms with Crippen LogP contribution < -0.4 is 5.32 Å². The highest BCUT2D eigenvalue weighted by Crippen LogP contribution is 2.21. The van der Waals surface area contributed by atoms with Gasteiger partial charge in [-0.05, 0) is 35.4 Å². The maximum absolute atomic E-state index is 4.53. The molecule has 1 aliphatic rings. The fraction of sp³-hybridized carbons (Fsp3) is 0.333. The number of imidazole rings is 1. The molecule has 1 fully saturated rings. The highest BCUT2D eigenvalue weighted by Gasteiger charge is 2.24. The highest BCUT2D eigenvalue weighted by molar-refractivity contribution is 14.0. The van der Waals surface area contributed by atoms with Crippen molar-refractivity contribution in [1.29, 1.82) is 0 Å². The van der Waals surface area contributed by atoms with Crippen LogP contribution in [0.5, 0.6) is 0 Å². The normalized spacial score (nSPS) is 16.4. The van der Waals surface area contributed by atoms with Gasteiger partial charge in [0.05, 0.1) is 6.33 Å². The third-order valence-electron chi connectivity index (χ3n) is 5.53. The molecule has 0 saturated carbocycles. The Morgan fingerprint density at radius 3 is 2.67 bits per heavy atom. The van der Waals surface area contributed by atoms with Crippen LogP contribution >= 0.6 is 24.0 Å². The van der Waals surface area contributed by atoms with E-state index in [2.05, 4.69) is 79.4 Å². The van der Waals surface area contributed by atoms with Gasteiger partial charge in [-0.25, -0.2) is 4.98 Å². The molecular formula is C24H30IN5. The molecule has 1 aromatic heterocycles. The van der Waals surface area contributed by atoms with Gasteiger partial charge < -0.3 is 14.8 Å². The molecule has 2 heterocycles. The second-order valence-electron chi connectivity index (χ2n) is 7.75. The van der Waals surface area contributed by atoms with Crippen molar-refractivity contribution < 1.29 is 0 Å². The van der Waals surface area contributed by atoms with Crippen molar-refractivity contribution in [1.82, 2.24) is 19.8 Å². The predicted octanol–water partition coefficient (Wildman–Crippen LogP) is 4.19. The van der Waals surface area contributed by atoms with Crippen LogP contribution in [0.25, 0.3) is 0 Å². The molecule has 1 N–H and O–H groups in total. The number of halogens is 1. The zero-order valence-electron chi connectivity index (χ0n) is 17.4. The van der Waals surface area contributed by atoms with Gasteiger partial charge in [0.25, 0.3) is 0 Å². The lowest BCUT2D eigenvalue weighted by Crippen LogP contribution is -2.39. The van der Waals surface area contributed by atoms with E-state index >= 15 is 0 Å². The van der Waals surface area contributed by atoms with Gasteiger partial charge in [-0.3, -0.25) is 4.99 Å². The molecule has 5 nitrogen and oxygen atoms in total. The van der Waals surface area contributed by atoms with Crippen LogP contribution in [0.2, 0.25) is 0 Å².